The Morgan fingerprint density at radius 2 is 1.14 bits per heavy atom. The minimum atomic E-state index is -0.981. The number of carbonyl (C=O) groups is 5. The third-order valence-electron chi connectivity index (χ3n) is 4.36. The molecule has 4 N–H and O–H groups in total. The van der Waals surface area contributed by atoms with Crippen LogP contribution in [0.3, 0.4) is 0 Å². The van der Waals surface area contributed by atoms with E-state index >= 15 is 0 Å². The number of aliphatic hydroxyl groups excluding tert-OH is 2. The third-order valence-corrected chi connectivity index (χ3v) is 4.36. The molecule has 0 aromatic heterocycles. The van der Waals surface area contributed by atoms with Gasteiger partial charge in [-0.25, -0.2) is 24.0 Å². The zero-order valence-corrected chi connectivity index (χ0v) is 30.9. The summed E-state index contributed by atoms with van der Waals surface area (Å²) in [6, 6.07) is 10.0. The van der Waals surface area contributed by atoms with E-state index in [9.17, 15) is 24.0 Å². The molecule has 12 heteroatoms. The van der Waals surface area contributed by atoms with E-state index < -0.39 is 18.0 Å². The lowest BCUT2D eigenvalue weighted by Gasteiger charge is -2.01. The average molecular weight is 709 g/mol. The van der Waals surface area contributed by atoms with Crippen LogP contribution in [0.4, 0.5) is 0 Å². The molecule has 0 aliphatic heterocycles. The first-order valence-electron chi connectivity index (χ1n) is 15.4. The molecule has 12 nitrogen and oxygen atoms in total. The van der Waals surface area contributed by atoms with Crippen molar-refractivity contribution in [2.45, 2.75) is 73.3 Å². The first kappa shape index (κ1) is 57.2. The van der Waals surface area contributed by atoms with Crippen LogP contribution in [0, 0.1) is 0 Å². The van der Waals surface area contributed by atoms with Crippen LogP contribution in [0.2, 0.25) is 0 Å². The highest BCUT2D eigenvalue weighted by molar-refractivity contribution is 5.87. The monoisotopic (exact) mass is 708 g/mol. The van der Waals surface area contributed by atoms with Crippen molar-refractivity contribution in [1.82, 2.24) is 0 Å². The molecular formula is C38H60O12. The number of benzene rings is 1. The minimum Gasteiger partial charge on any atom is -0.478 e. The maximum atomic E-state index is 10.7. The van der Waals surface area contributed by atoms with Crippen LogP contribution in [-0.2, 0) is 38.2 Å². The second-order valence-corrected chi connectivity index (χ2v) is 9.54. The number of aliphatic carboxylic acids is 2. The molecule has 284 valence electrons. The molecule has 50 heavy (non-hydrogen) atoms. The number of methoxy groups -OCH3 is 1. The highest BCUT2D eigenvalue weighted by Crippen LogP contribution is 1.97. The molecule has 1 unspecified atom stereocenters. The van der Waals surface area contributed by atoms with Crippen molar-refractivity contribution in [3.05, 3.63) is 104 Å². The van der Waals surface area contributed by atoms with Crippen molar-refractivity contribution in [1.29, 1.82) is 0 Å². The third kappa shape index (κ3) is 61.9. The Morgan fingerprint density at radius 3 is 1.34 bits per heavy atom. The van der Waals surface area contributed by atoms with Crippen molar-refractivity contribution in [3.8, 4) is 0 Å². The Balaban J connectivity index is -0.000000115. The molecule has 1 rings (SSSR count). The Bertz CT molecular complexity index is 1110. The molecule has 0 aliphatic rings. The van der Waals surface area contributed by atoms with E-state index in [1.807, 2.05) is 43.3 Å². The summed E-state index contributed by atoms with van der Waals surface area (Å²) >= 11 is 0. The van der Waals surface area contributed by atoms with Crippen LogP contribution in [-0.4, -0.2) is 83.3 Å². The first-order valence-corrected chi connectivity index (χ1v) is 15.4. The topological polar surface area (TPSA) is 194 Å². The molecule has 1 aromatic rings. The van der Waals surface area contributed by atoms with Crippen molar-refractivity contribution < 1.29 is 58.6 Å². The number of aliphatic hydroxyl groups is 2. The van der Waals surface area contributed by atoms with Crippen molar-refractivity contribution >= 4 is 35.9 Å². The summed E-state index contributed by atoms with van der Waals surface area (Å²) in [5.74, 6) is -2.88. The molecule has 1 atom stereocenters. The second kappa shape index (κ2) is 43.9. The maximum Gasteiger partial charge on any atom is 0.333 e. The Morgan fingerprint density at radius 1 is 0.760 bits per heavy atom. The number of unbranched alkanes of at least 4 members (excludes halogenated alkanes) is 2. The van der Waals surface area contributed by atoms with Gasteiger partial charge >= 0.3 is 29.8 Å². The molecule has 0 saturated heterocycles. The van der Waals surface area contributed by atoms with Gasteiger partial charge in [0.1, 0.15) is 0 Å². The van der Waals surface area contributed by atoms with E-state index in [1.165, 1.54) is 32.6 Å². The fourth-order valence-corrected chi connectivity index (χ4v) is 1.57. The normalized spacial score (nSPS) is 8.82. The molecule has 1 aromatic carbocycles. The van der Waals surface area contributed by atoms with Gasteiger partial charge in [0, 0.05) is 28.9 Å². The molecule has 0 spiro atoms. The molecule has 0 saturated carbocycles. The predicted molar refractivity (Wildman–Crippen MR) is 199 cm³/mol. The van der Waals surface area contributed by atoms with E-state index in [4.69, 9.17) is 25.2 Å². The first-order chi connectivity index (χ1) is 23.3. The zero-order valence-electron chi connectivity index (χ0n) is 30.9. The van der Waals surface area contributed by atoms with E-state index in [1.54, 1.807) is 13.8 Å². The quantitative estimate of drug-likeness (QED) is 0.0730. The molecule has 0 radical (unpaired) electrons. The molecule has 0 bridgehead atoms. The Labute approximate surface area is 298 Å². The van der Waals surface area contributed by atoms with Gasteiger partial charge in [-0.2, -0.15) is 0 Å². The zero-order chi connectivity index (χ0) is 40.5. The summed E-state index contributed by atoms with van der Waals surface area (Å²) in [5, 5.41) is 31.5. The van der Waals surface area contributed by atoms with Gasteiger partial charge in [0.15, 0.2) is 0 Å². The number of carbonyl (C=O) groups excluding carboxylic acids is 3. The number of carboxylic acids is 2. The fraction of sp³-hybridized carbons (Fsp3) is 0.395. The van der Waals surface area contributed by atoms with Gasteiger partial charge in [-0.3, -0.25) is 0 Å². The average Bonchev–Trinajstić information content (AvgIpc) is 3.09. The predicted octanol–water partition coefficient (Wildman–Crippen LogP) is 6.75. The number of hydrogen-bond acceptors (Lipinski definition) is 10. The van der Waals surface area contributed by atoms with E-state index in [0.29, 0.717) is 24.4 Å². The highest BCUT2D eigenvalue weighted by Gasteiger charge is 2.00. The lowest BCUT2D eigenvalue weighted by molar-refractivity contribution is -0.139. The van der Waals surface area contributed by atoms with Crippen molar-refractivity contribution in [3.63, 3.8) is 0 Å². The van der Waals surface area contributed by atoms with E-state index in [0.717, 1.165) is 31.8 Å². The summed E-state index contributed by atoms with van der Waals surface area (Å²) in [5.41, 5.74) is 2.25. The molecule has 0 amide bonds. The number of ether oxygens (including phenoxy) is 3. The van der Waals surface area contributed by atoms with Crippen LogP contribution >= 0.6 is 0 Å². The van der Waals surface area contributed by atoms with E-state index in [2.05, 4.69) is 55.9 Å². The SMILES string of the molecule is C=C(C)C(=O)O.C=C(C)C(=O)OC.C=C(C)C(=O)OCCCC.C=CC(=O)O.C=CC(=O)OCCCC.C=Cc1ccccc1.CC(O)CO. The summed E-state index contributed by atoms with van der Waals surface area (Å²) in [4.78, 5) is 50.1. The van der Waals surface area contributed by atoms with Crippen LogP contribution in [0.1, 0.15) is 72.8 Å². The van der Waals surface area contributed by atoms with Crippen LogP contribution < -0.4 is 0 Å². The van der Waals surface area contributed by atoms with Crippen LogP contribution in [0.15, 0.2) is 98.7 Å². The van der Waals surface area contributed by atoms with Crippen molar-refractivity contribution in [2.75, 3.05) is 26.9 Å². The van der Waals surface area contributed by atoms with Gasteiger partial charge in [-0.15, -0.1) is 0 Å². The summed E-state index contributed by atoms with van der Waals surface area (Å²) < 4.78 is 13.8. The smallest absolute Gasteiger partial charge is 0.333 e. The number of hydrogen-bond donors (Lipinski definition) is 4. The Kier molecular flexibility index (Phi) is 50.3. The minimum absolute atomic E-state index is 0.139. The van der Waals surface area contributed by atoms with Gasteiger partial charge < -0.3 is 34.6 Å². The Hall–Kier alpha value is -5.07. The van der Waals surface area contributed by atoms with E-state index in [-0.39, 0.29) is 30.1 Å². The lowest BCUT2D eigenvalue weighted by atomic mass is 10.2. The van der Waals surface area contributed by atoms with Gasteiger partial charge in [0.05, 0.1) is 33.0 Å². The van der Waals surface area contributed by atoms with Gasteiger partial charge in [0.2, 0.25) is 0 Å². The molecule has 0 fully saturated rings. The standard InChI is InChI=1S/C8H14O2.C8H8.C7H12O2.C5H8O2.C4H6O2.C3H8O2.C3H4O2/c1-4-5-6-10-8(9)7(2)3;1-2-8-6-4-3-5-7-8;1-3-5-6-9-7(8)4-2;1-4(2)5(6)7-3;1-3(2)4(5)6;1-3(5)2-4;1-2-3(4)5/h2,4-6H2,1,3H3;2-7H,1H2;4H,2-3,5-6H2,1H3;1H2,2-3H3;1H2,2H3,(H,5,6);3-5H,2H2,1H3;2H,1H2,(H,4,5). The highest BCUT2D eigenvalue weighted by atomic mass is 16.5. The molecule has 0 heterocycles. The largest absolute Gasteiger partial charge is 0.478 e. The number of esters is 3. The van der Waals surface area contributed by atoms with Gasteiger partial charge in [-0.05, 0) is 46.1 Å². The maximum absolute atomic E-state index is 10.7. The van der Waals surface area contributed by atoms with Gasteiger partial charge in [-0.1, -0.05) is 103 Å². The van der Waals surface area contributed by atoms with Crippen LogP contribution in [0.5, 0.6) is 0 Å². The molecular weight excluding hydrogens is 648 g/mol. The lowest BCUT2D eigenvalue weighted by Crippen LogP contribution is -2.05. The number of carboxylic acid groups (broad SMARTS) is 2. The molecule has 0 aliphatic carbocycles. The fourth-order valence-electron chi connectivity index (χ4n) is 1.57. The number of rotatable bonds is 13. The summed E-state index contributed by atoms with van der Waals surface area (Å²) in [6.45, 7) is 31.0. The summed E-state index contributed by atoms with van der Waals surface area (Å²) in [6.07, 6.45) is 7.23. The van der Waals surface area contributed by atoms with Crippen molar-refractivity contribution in [2.24, 2.45) is 0 Å². The second-order valence-electron chi connectivity index (χ2n) is 9.54. The summed E-state index contributed by atoms with van der Waals surface area (Å²) in [7, 11) is 1.33. The van der Waals surface area contributed by atoms with Gasteiger partial charge in [0.25, 0.3) is 0 Å². The van der Waals surface area contributed by atoms with Crippen LogP contribution in [0.25, 0.3) is 6.08 Å².